The molecule has 0 radical (unpaired) electrons. The predicted octanol–water partition coefficient (Wildman–Crippen LogP) is 5.49. The third kappa shape index (κ3) is 5.87. The van der Waals surface area contributed by atoms with Gasteiger partial charge in [-0.3, -0.25) is 5.41 Å². The maximum atomic E-state index is 16.0. The summed E-state index contributed by atoms with van der Waals surface area (Å²) in [6, 6.07) is 15.7. The first-order valence-electron chi connectivity index (χ1n) is 12.4. The summed E-state index contributed by atoms with van der Waals surface area (Å²) in [6.07, 6.45) is 2.07. The molecule has 0 amide bonds. The van der Waals surface area contributed by atoms with E-state index in [9.17, 15) is 0 Å². The van der Waals surface area contributed by atoms with Gasteiger partial charge in [0.05, 0.1) is 24.4 Å². The van der Waals surface area contributed by atoms with Gasteiger partial charge in [0.1, 0.15) is 17.4 Å². The zero-order valence-corrected chi connectivity index (χ0v) is 21.1. The molecular weight excluding hydrogens is 457 g/mol. The summed E-state index contributed by atoms with van der Waals surface area (Å²) in [5, 5.41) is 11.1. The number of hydrogen-bond acceptors (Lipinski definition) is 6. The molecule has 8 heteroatoms. The van der Waals surface area contributed by atoms with Gasteiger partial charge in [-0.15, -0.1) is 0 Å². The molecule has 2 heterocycles. The van der Waals surface area contributed by atoms with Crippen molar-refractivity contribution in [1.29, 1.82) is 5.41 Å². The van der Waals surface area contributed by atoms with Crippen LogP contribution in [0, 0.1) is 11.2 Å². The van der Waals surface area contributed by atoms with Gasteiger partial charge in [0.2, 0.25) is 0 Å². The summed E-state index contributed by atoms with van der Waals surface area (Å²) >= 11 is 0. The maximum Gasteiger partial charge on any atom is 0.171 e. The normalized spacial score (nSPS) is 14.1. The van der Waals surface area contributed by atoms with E-state index in [2.05, 4.69) is 10.2 Å². The number of nitrogen functional groups attached to an aromatic ring is 1. The van der Waals surface area contributed by atoms with E-state index in [1.165, 1.54) is 0 Å². The standard InChI is InChI=1S/C28H34FN5O2/c1-4-35-21-16-22(26(29)24(17-21)36-18(2)3)27(32-20-12-10-19(11-13-20)28(30)31)23-8-7-9-25(33-23)34-14-5-6-15-34/h7-13,16-18,27,32H,4-6,14-15H2,1-3H3,(H3,30,31). The van der Waals surface area contributed by atoms with E-state index in [1.807, 2.05) is 51.1 Å². The minimum atomic E-state index is -0.620. The molecule has 4 rings (SSSR count). The number of nitrogens with one attached hydrogen (secondary N) is 2. The average molecular weight is 492 g/mol. The molecule has 1 aliphatic rings. The highest BCUT2D eigenvalue weighted by Gasteiger charge is 2.25. The summed E-state index contributed by atoms with van der Waals surface area (Å²) in [4.78, 5) is 7.19. The van der Waals surface area contributed by atoms with Crippen molar-refractivity contribution in [3.05, 3.63) is 77.2 Å². The third-order valence-electron chi connectivity index (χ3n) is 6.01. The second kappa shape index (κ2) is 11.3. The highest BCUT2D eigenvalue weighted by Crippen LogP contribution is 2.36. The van der Waals surface area contributed by atoms with Gasteiger partial charge in [0.25, 0.3) is 0 Å². The fraction of sp³-hybridized carbons (Fsp3) is 0.357. The Morgan fingerprint density at radius 3 is 2.50 bits per heavy atom. The van der Waals surface area contributed by atoms with Crippen LogP contribution in [0.25, 0.3) is 0 Å². The lowest BCUT2D eigenvalue weighted by molar-refractivity contribution is 0.228. The van der Waals surface area contributed by atoms with E-state index in [0.717, 1.165) is 37.4 Å². The van der Waals surface area contributed by atoms with Crippen LogP contribution in [0.5, 0.6) is 11.5 Å². The second-order valence-corrected chi connectivity index (χ2v) is 9.11. The number of ether oxygens (including phenoxy) is 2. The maximum absolute atomic E-state index is 16.0. The number of benzene rings is 2. The number of amidine groups is 1. The van der Waals surface area contributed by atoms with E-state index < -0.39 is 11.9 Å². The number of anilines is 2. The average Bonchev–Trinajstić information content (AvgIpc) is 3.40. The Bertz CT molecular complexity index is 1190. The number of halogens is 1. The van der Waals surface area contributed by atoms with Crippen LogP contribution in [-0.4, -0.2) is 36.6 Å². The summed E-state index contributed by atoms with van der Waals surface area (Å²) in [5.74, 6) is 1.07. The van der Waals surface area contributed by atoms with Crippen LogP contribution in [0.2, 0.25) is 0 Å². The van der Waals surface area contributed by atoms with E-state index >= 15 is 4.39 Å². The van der Waals surface area contributed by atoms with Crippen LogP contribution < -0.4 is 25.4 Å². The van der Waals surface area contributed by atoms with Crippen molar-refractivity contribution in [2.24, 2.45) is 5.73 Å². The molecule has 0 bridgehead atoms. The minimum Gasteiger partial charge on any atom is -0.494 e. The van der Waals surface area contributed by atoms with Crippen molar-refractivity contribution in [1.82, 2.24) is 4.98 Å². The molecule has 36 heavy (non-hydrogen) atoms. The van der Waals surface area contributed by atoms with E-state index in [0.29, 0.717) is 29.2 Å². The molecule has 1 unspecified atom stereocenters. The van der Waals surface area contributed by atoms with Crippen LogP contribution in [0.3, 0.4) is 0 Å². The number of hydrogen-bond donors (Lipinski definition) is 3. The Morgan fingerprint density at radius 2 is 1.86 bits per heavy atom. The zero-order chi connectivity index (χ0) is 25.7. The number of aromatic nitrogens is 1. The van der Waals surface area contributed by atoms with Gasteiger partial charge in [-0.2, -0.15) is 0 Å². The van der Waals surface area contributed by atoms with Gasteiger partial charge in [0, 0.05) is 36.0 Å². The largest absolute Gasteiger partial charge is 0.494 e. The summed E-state index contributed by atoms with van der Waals surface area (Å²) in [7, 11) is 0. The molecule has 7 nitrogen and oxygen atoms in total. The topological polar surface area (TPSA) is 96.5 Å². The Morgan fingerprint density at radius 1 is 1.14 bits per heavy atom. The van der Waals surface area contributed by atoms with Crippen LogP contribution >= 0.6 is 0 Å². The van der Waals surface area contributed by atoms with Crippen molar-refractivity contribution in [3.63, 3.8) is 0 Å². The molecule has 3 aromatic rings. The van der Waals surface area contributed by atoms with Crippen molar-refractivity contribution >= 4 is 17.3 Å². The smallest absolute Gasteiger partial charge is 0.171 e. The molecule has 1 saturated heterocycles. The SMILES string of the molecule is CCOc1cc(OC(C)C)c(F)c(C(Nc2ccc(C(=N)N)cc2)c2cccc(N3CCCC3)n2)c1. The molecule has 1 aromatic heterocycles. The Balaban J connectivity index is 1.81. The first-order chi connectivity index (χ1) is 17.4. The molecule has 0 saturated carbocycles. The lowest BCUT2D eigenvalue weighted by Gasteiger charge is -2.25. The Labute approximate surface area is 212 Å². The summed E-state index contributed by atoms with van der Waals surface area (Å²) in [5.41, 5.74) is 8.02. The number of rotatable bonds is 10. The van der Waals surface area contributed by atoms with Gasteiger partial charge in [0.15, 0.2) is 11.6 Å². The molecule has 1 aliphatic heterocycles. The fourth-order valence-corrected chi connectivity index (χ4v) is 4.34. The van der Waals surface area contributed by atoms with E-state index in [4.69, 9.17) is 25.6 Å². The molecule has 1 atom stereocenters. The molecule has 0 aliphatic carbocycles. The van der Waals surface area contributed by atoms with Crippen molar-refractivity contribution in [2.75, 3.05) is 29.9 Å². The van der Waals surface area contributed by atoms with Gasteiger partial charge in [-0.1, -0.05) is 6.07 Å². The highest BCUT2D eigenvalue weighted by atomic mass is 19.1. The van der Waals surface area contributed by atoms with Crippen molar-refractivity contribution in [3.8, 4) is 11.5 Å². The molecule has 4 N–H and O–H groups in total. The third-order valence-corrected chi connectivity index (χ3v) is 6.01. The Kier molecular flexibility index (Phi) is 7.93. The van der Waals surface area contributed by atoms with E-state index in [-0.39, 0.29) is 17.7 Å². The first-order valence-corrected chi connectivity index (χ1v) is 12.4. The monoisotopic (exact) mass is 491 g/mol. The number of pyridine rings is 1. The highest BCUT2D eigenvalue weighted by molar-refractivity contribution is 5.95. The van der Waals surface area contributed by atoms with E-state index in [1.54, 1.807) is 24.3 Å². The molecule has 190 valence electrons. The molecule has 0 spiro atoms. The van der Waals surface area contributed by atoms with Gasteiger partial charge in [-0.05, 0) is 76.1 Å². The van der Waals surface area contributed by atoms with Gasteiger partial charge >= 0.3 is 0 Å². The quantitative estimate of drug-likeness (QED) is 0.256. The van der Waals surface area contributed by atoms with Crippen LogP contribution in [0.4, 0.5) is 15.9 Å². The zero-order valence-electron chi connectivity index (χ0n) is 21.1. The predicted molar refractivity (Wildman–Crippen MR) is 142 cm³/mol. The fourth-order valence-electron chi connectivity index (χ4n) is 4.34. The number of nitrogens with zero attached hydrogens (tertiary/aromatic N) is 2. The van der Waals surface area contributed by atoms with Crippen molar-refractivity contribution in [2.45, 2.75) is 45.8 Å². The molecular formula is C28H34FN5O2. The first kappa shape index (κ1) is 25.3. The van der Waals surface area contributed by atoms with Crippen LogP contribution in [0.1, 0.15) is 56.5 Å². The van der Waals surface area contributed by atoms with Crippen LogP contribution in [0.15, 0.2) is 54.6 Å². The molecule has 2 aromatic carbocycles. The Hall–Kier alpha value is -3.81. The number of nitrogens with two attached hydrogens (primary N) is 1. The van der Waals surface area contributed by atoms with Gasteiger partial charge in [-0.25, -0.2) is 9.37 Å². The lowest BCUT2D eigenvalue weighted by Crippen LogP contribution is -2.22. The second-order valence-electron chi connectivity index (χ2n) is 9.11. The van der Waals surface area contributed by atoms with Crippen LogP contribution in [-0.2, 0) is 0 Å². The minimum absolute atomic E-state index is 0.0102. The van der Waals surface area contributed by atoms with Crippen molar-refractivity contribution < 1.29 is 13.9 Å². The molecule has 1 fully saturated rings. The lowest BCUT2D eigenvalue weighted by atomic mass is 10.0. The van der Waals surface area contributed by atoms with Gasteiger partial charge < -0.3 is 25.4 Å². The summed E-state index contributed by atoms with van der Waals surface area (Å²) in [6.45, 7) is 7.97. The summed E-state index contributed by atoms with van der Waals surface area (Å²) < 4.78 is 27.5.